The third-order valence-corrected chi connectivity index (χ3v) is 3.58. The largest absolute Gasteiger partial charge is 0.301 e. The summed E-state index contributed by atoms with van der Waals surface area (Å²) in [5.41, 5.74) is -0.000585. The molecule has 0 radical (unpaired) electrons. The van der Waals surface area contributed by atoms with Crippen molar-refractivity contribution in [3.8, 4) is 0 Å². The molecule has 0 aliphatic carbocycles. The fraction of sp³-hybridized carbons (Fsp3) is 0.833. The van der Waals surface area contributed by atoms with Crippen molar-refractivity contribution in [3.63, 3.8) is 0 Å². The van der Waals surface area contributed by atoms with Crippen LogP contribution in [0, 0.1) is 0 Å². The van der Waals surface area contributed by atoms with Crippen LogP contribution in [0.5, 0.6) is 0 Å². The fourth-order valence-corrected chi connectivity index (χ4v) is 2.43. The van der Waals surface area contributed by atoms with Gasteiger partial charge in [0.15, 0.2) is 0 Å². The number of thioether (sulfide) groups is 1. The van der Waals surface area contributed by atoms with Gasteiger partial charge in [0, 0.05) is 12.0 Å². The quantitative estimate of drug-likeness (QED) is 0.741. The van der Waals surface area contributed by atoms with Gasteiger partial charge in [-0.1, -0.05) is 27.2 Å². The number of aromatic nitrogens is 3. The van der Waals surface area contributed by atoms with Crippen LogP contribution in [0.4, 0.5) is 0 Å². The first kappa shape index (κ1) is 14.8. The zero-order chi connectivity index (χ0) is 12.9. The van der Waals surface area contributed by atoms with Crippen LogP contribution in [0.25, 0.3) is 0 Å². The molecule has 0 aliphatic heterocycles. The van der Waals surface area contributed by atoms with E-state index in [1.165, 1.54) is 18.6 Å². The second kappa shape index (κ2) is 6.64. The van der Waals surface area contributed by atoms with Crippen molar-refractivity contribution in [2.24, 2.45) is 0 Å². The van der Waals surface area contributed by atoms with Crippen molar-refractivity contribution in [3.05, 3.63) is 11.1 Å². The van der Waals surface area contributed by atoms with E-state index in [2.05, 4.69) is 37.2 Å². The van der Waals surface area contributed by atoms with Crippen molar-refractivity contribution in [2.75, 3.05) is 12.0 Å². The van der Waals surface area contributed by atoms with Crippen LogP contribution in [0.15, 0.2) is 0 Å². The van der Waals surface area contributed by atoms with Crippen molar-refractivity contribution in [2.45, 2.75) is 52.0 Å². The van der Waals surface area contributed by atoms with Gasteiger partial charge in [0.2, 0.25) is 5.28 Å². The van der Waals surface area contributed by atoms with Gasteiger partial charge in [-0.2, -0.15) is 11.8 Å². The molecule has 0 atom stereocenters. The molecule has 0 spiro atoms. The average Bonchev–Trinajstić information content (AvgIpc) is 2.59. The molecule has 0 N–H and O–H groups in total. The fourth-order valence-electron chi connectivity index (χ4n) is 1.73. The zero-order valence-electron chi connectivity index (χ0n) is 11.2. The molecule has 0 saturated heterocycles. The Kier molecular flexibility index (Phi) is 5.80. The van der Waals surface area contributed by atoms with Crippen LogP contribution in [0.1, 0.15) is 45.9 Å². The highest BCUT2D eigenvalue weighted by atomic mass is 35.5. The molecular formula is C12H22ClN3S. The summed E-state index contributed by atoms with van der Waals surface area (Å²) in [6.45, 7) is 7.33. The van der Waals surface area contributed by atoms with Crippen LogP contribution in [-0.2, 0) is 12.0 Å². The minimum atomic E-state index is -0.000585. The summed E-state index contributed by atoms with van der Waals surface area (Å²) in [4.78, 5) is 0. The third kappa shape index (κ3) is 4.51. The van der Waals surface area contributed by atoms with E-state index >= 15 is 0 Å². The van der Waals surface area contributed by atoms with Gasteiger partial charge >= 0.3 is 0 Å². The number of rotatable bonds is 6. The maximum atomic E-state index is 6.08. The van der Waals surface area contributed by atoms with Gasteiger partial charge in [-0.3, -0.25) is 0 Å². The summed E-state index contributed by atoms with van der Waals surface area (Å²) in [6, 6.07) is 0. The van der Waals surface area contributed by atoms with Crippen LogP contribution in [0.3, 0.4) is 0 Å². The molecule has 1 rings (SSSR count). The molecule has 0 amide bonds. The summed E-state index contributed by atoms with van der Waals surface area (Å²) in [6.07, 6.45) is 5.79. The highest BCUT2D eigenvalue weighted by Gasteiger charge is 2.22. The number of hydrogen-bond donors (Lipinski definition) is 0. The minimum absolute atomic E-state index is 0.000585. The van der Waals surface area contributed by atoms with Crippen molar-refractivity contribution < 1.29 is 0 Å². The molecule has 98 valence electrons. The van der Waals surface area contributed by atoms with Crippen LogP contribution < -0.4 is 0 Å². The number of halogens is 1. The molecule has 0 unspecified atom stereocenters. The lowest BCUT2D eigenvalue weighted by Gasteiger charge is -2.18. The highest BCUT2D eigenvalue weighted by Crippen LogP contribution is 2.23. The smallest absolute Gasteiger partial charge is 0.225 e. The first-order valence-electron chi connectivity index (χ1n) is 6.05. The monoisotopic (exact) mass is 275 g/mol. The van der Waals surface area contributed by atoms with Gasteiger partial charge < -0.3 is 4.57 Å². The predicted octanol–water partition coefficient (Wildman–Crippen LogP) is 3.76. The molecule has 0 bridgehead atoms. The van der Waals surface area contributed by atoms with Crippen molar-refractivity contribution in [1.82, 2.24) is 14.8 Å². The Hall–Kier alpha value is -0.220. The first-order valence-corrected chi connectivity index (χ1v) is 7.82. The number of unbranched alkanes of at least 4 members (excludes halogenated alkanes) is 2. The molecule has 3 nitrogen and oxygen atoms in total. The first-order chi connectivity index (χ1) is 7.96. The Morgan fingerprint density at radius 3 is 2.47 bits per heavy atom. The third-order valence-electron chi connectivity index (χ3n) is 2.61. The Labute approximate surface area is 113 Å². The van der Waals surface area contributed by atoms with Crippen molar-refractivity contribution in [1.29, 1.82) is 0 Å². The Morgan fingerprint density at radius 2 is 1.88 bits per heavy atom. The molecular weight excluding hydrogens is 254 g/mol. The molecule has 0 aromatic carbocycles. The Balaban J connectivity index is 2.55. The predicted molar refractivity (Wildman–Crippen MR) is 76.0 cm³/mol. The lowest BCUT2D eigenvalue weighted by molar-refractivity contribution is 0.484. The van der Waals surface area contributed by atoms with Crippen LogP contribution >= 0.6 is 23.4 Å². The number of nitrogens with zero attached hydrogens (tertiary/aromatic N) is 3. The van der Waals surface area contributed by atoms with Gasteiger partial charge in [0.05, 0.1) is 0 Å². The second-order valence-corrected chi connectivity index (χ2v) is 6.57. The highest BCUT2D eigenvalue weighted by molar-refractivity contribution is 7.98. The maximum absolute atomic E-state index is 6.08. The average molecular weight is 276 g/mol. The van der Waals surface area contributed by atoms with Gasteiger partial charge in [-0.15, -0.1) is 10.2 Å². The summed E-state index contributed by atoms with van der Waals surface area (Å²) >= 11 is 7.98. The normalized spacial score (nSPS) is 12.1. The molecule has 0 saturated carbocycles. The summed E-state index contributed by atoms with van der Waals surface area (Å²) in [5.74, 6) is 2.22. The Morgan fingerprint density at radius 1 is 1.18 bits per heavy atom. The molecule has 1 aromatic heterocycles. The zero-order valence-corrected chi connectivity index (χ0v) is 12.7. The lowest BCUT2D eigenvalue weighted by atomic mass is 9.95. The SMILES string of the molecule is CSCCCCCn1c(Cl)nnc1C(C)(C)C. The van der Waals surface area contributed by atoms with E-state index < -0.39 is 0 Å². The molecule has 1 heterocycles. The van der Waals surface area contributed by atoms with E-state index in [9.17, 15) is 0 Å². The van der Waals surface area contributed by atoms with Gasteiger partial charge in [0.1, 0.15) is 5.82 Å². The molecule has 17 heavy (non-hydrogen) atoms. The Bertz CT molecular complexity index is 344. The van der Waals surface area contributed by atoms with E-state index in [1.807, 2.05) is 16.3 Å². The van der Waals surface area contributed by atoms with Crippen LogP contribution in [0.2, 0.25) is 5.28 Å². The molecule has 1 aromatic rings. The maximum Gasteiger partial charge on any atom is 0.225 e. The standard InChI is InChI=1S/C12H22ClN3S/c1-12(2,3)10-14-15-11(13)16(10)8-6-5-7-9-17-4/h5-9H2,1-4H3. The molecule has 0 fully saturated rings. The summed E-state index contributed by atoms with van der Waals surface area (Å²) in [7, 11) is 0. The van der Waals surface area contributed by atoms with E-state index in [0.29, 0.717) is 5.28 Å². The van der Waals surface area contributed by atoms with Gasteiger partial charge in [-0.25, -0.2) is 0 Å². The lowest BCUT2D eigenvalue weighted by Crippen LogP contribution is -2.19. The molecule has 0 aliphatic rings. The topological polar surface area (TPSA) is 30.7 Å². The van der Waals surface area contributed by atoms with E-state index in [-0.39, 0.29) is 5.41 Å². The van der Waals surface area contributed by atoms with Gasteiger partial charge in [-0.05, 0) is 36.5 Å². The van der Waals surface area contributed by atoms with Crippen molar-refractivity contribution >= 4 is 23.4 Å². The molecule has 5 heteroatoms. The summed E-state index contributed by atoms with van der Waals surface area (Å²) in [5, 5.41) is 8.67. The van der Waals surface area contributed by atoms with E-state index in [1.54, 1.807) is 0 Å². The summed E-state index contributed by atoms with van der Waals surface area (Å²) < 4.78 is 2.04. The number of hydrogen-bond acceptors (Lipinski definition) is 3. The van der Waals surface area contributed by atoms with E-state index in [0.717, 1.165) is 18.8 Å². The van der Waals surface area contributed by atoms with E-state index in [4.69, 9.17) is 11.6 Å². The second-order valence-electron chi connectivity index (χ2n) is 5.25. The van der Waals surface area contributed by atoms with Crippen LogP contribution in [-0.4, -0.2) is 26.8 Å². The van der Waals surface area contributed by atoms with Gasteiger partial charge in [0.25, 0.3) is 0 Å². The minimum Gasteiger partial charge on any atom is -0.301 e.